The number of aromatic nitrogens is 3. The summed E-state index contributed by atoms with van der Waals surface area (Å²) < 4.78 is 5.36. The third kappa shape index (κ3) is 4.01. The topological polar surface area (TPSA) is 101 Å². The van der Waals surface area contributed by atoms with Crippen LogP contribution in [0, 0.1) is 12.8 Å². The second kappa shape index (κ2) is 7.83. The van der Waals surface area contributed by atoms with Gasteiger partial charge in [0.2, 0.25) is 11.8 Å². The first kappa shape index (κ1) is 18.8. The highest BCUT2D eigenvalue weighted by molar-refractivity contribution is 5.89. The lowest BCUT2D eigenvalue weighted by atomic mass is 10.0. The SMILES string of the molecule is Cc1cc(-c2cncnc2-c2ccc(CNC(=O)[C@@H]3CC(=O)N(C)C3)cc2)on1. The zero-order chi connectivity index (χ0) is 20.4. The van der Waals surface area contributed by atoms with Gasteiger partial charge >= 0.3 is 0 Å². The number of carbonyl (C=O) groups is 2. The molecule has 1 aliphatic heterocycles. The molecule has 148 valence electrons. The number of carbonyl (C=O) groups excluding carboxylic acids is 2. The molecule has 1 atom stereocenters. The fourth-order valence-corrected chi connectivity index (χ4v) is 3.38. The van der Waals surface area contributed by atoms with Crippen LogP contribution in [0.3, 0.4) is 0 Å². The first-order chi connectivity index (χ1) is 14.0. The van der Waals surface area contributed by atoms with Crippen LogP contribution < -0.4 is 5.32 Å². The van der Waals surface area contributed by atoms with Crippen LogP contribution in [0.2, 0.25) is 0 Å². The van der Waals surface area contributed by atoms with Crippen molar-refractivity contribution in [2.24, 2.45) is 5.92 Å². The lowest BCUT2D eigenvalue weighted by Gasteiger charge is -2.11. The number of hydrogen-bond donors (Lipinski definition) is 1. The summed E-state index contributed by atoms with van der Waals surface area (Å²) in [6.07, 6.45) is 3.48. The normalized spacial score (nSPS) is 16.3. The fourth-order valence-electron chi connectivity index (χ4n) is 3.38. The standard InChI is InChI=1S/C21H21N5O3/c1-13-7-18(29-25-13)17-10-22-12-24-20(17)15-5-3-14(4-6-15)9-23-21(28)16-8-19(27)26(2)11-16/h3-7,10,12,16H,8-9,11H2,1-2H3,(H,23,28)/t16-/m1/s1. The summed E-state index contributed by atoms with van der Waals surface area (Å²) in [6, 6.07) is 9.63. The molecule has 0 bridgehead atoms. The van der Waals surface area contributed by atoms with E-state index in [1.807, 2.05) is 37.3 Å². The zero-order valence-electron chi connectivity index (χ0n) is 16.3. The Labute approximate surface area is 167 Å². The largest absolute Gasteiger partial charge is 0.356 e. The third-order valence-corrected chi connectivity index (χ3v) is 5.01. The molecule has 1 aromatic carbocycles. The third-order valence-electron chi connectivity index (χ3n) is 5.01. The molecule has 0 unspecified atom stereocenters. The summed E-state index contributed by atoms with van der Waals surface area (Å²) >= 11 is 0. The van der Waals surface area contributed by atoms with Gasteiger partial charge in [0.1, 0.15) is 6.33 Å². The van der Waals surface area contributed by atoms with Gasteiger partial charge in [-0.05, 0) is 12.5 Å². The van der Waals surface area contributed by atoms with Crippen LogP contribution in [0.1, 0.15) is 17.7 Å². The summed E-state index contributed by atoms with van der Waals surface area (Å²) in [4.78, 5) is 34.0. The van der Waals surface area contributed by atoms with E-state index in [2.05, 4.69) is 20.4 Å². The van der Waals surface area contributed by atoms with Crippen LogP contribution in [0.25, 0.3) is 22.6 Å². The maximum Gasteiger partial charge on any atom is 0.225 e. The van der Waals surface area contributed by atoms with E-state index in [9.17, 15) is 9.59 Å². The van der Waals surface area contributed by atoms with Crippen molar-refractivity contribution in [2.75, 3.05) is 13.6 Å². The number of rotatable bonds is 5. The van der Waals surface area contributed by atoms with E-state index in [-0.39, 0.29) is 24.2 Å². The number of nitrogens with zero attached hydrogens (tertiary/aromatic N) is 4. The highest BCUT2D eigenvalue weighted by atomic mass is 16.5. The van der Waals surface area contributed by atoms with E-state index in [1.54, 1.807) is 18.1 Å². The number of aryl methyl sites for hydroxylation is 1. The Hall–Kier alpha value is -3.55. The molecule has 2 amide bonds. The molecule has 1 N–H and O–H groups in total. The quantitative estimate of drug-likeness (QED) is 0.716. The molecule has 1 fully saturated rings. The summed E-state index contributed by atoms with van der Waals surface area (Å²) in [6.45, 7) is 2.74. The molecule has 3 heterocycles. The fraction of sp³-hybridized carbons (Fsp3) is 0.286. The minimum absolute atomic E-state index is 0.0112. The Balaban J connectivity index is 1.45. The van der Waals surface area contributed by atoms with Crippen molar-refractivity contribution in [3.8, 4) is 22.6 Å². The average molecular weight is 391 g/mol. The highest BCUT2D eigenvalue weighted by Gasteiger charge is 2.31. The molecular weight excluding hydrogens is 370 g/mol. The molecule has 2 aromatic heterocycles. The van der Waals surface area contributed by atoms with E-state index in [0.717, 1.165) is 28.1 Å². The monoisotopic (exact) mass is 391 g/mol. The molecule has 0 aliphatic carbocycles. The van der Waals surface area contributed by atoms with Gasteiger partial charge in [0.15, 0.2) is 5.76 Å². The first-order valence-corrected chi connectivity index (χ1v) is 9.36. The second-order valence-electron chi connectivity index (χ2n) is 7.21. The number of likely N-dealkylation sites (tertiary alicyclic amines) is 1. The maximum atomic E-state index is 12.3. The predicted octanol–water partition coefficient (Wildman–Crippen LogP) is 2.20. The Morgan fingerprint density at radius 3 is 2.76 bits per heavy atom. The molecule has 0 radical (unpaired) electrons. The minimum Gasteiger partial charge on any atom is -0.356 e. The van der Waals surface area contributed by atoms with Crippen molar-refractivity contribution in [3.05, 3.63) is 54.1 Å². The Bertz CT molecular complexity index is 1040. The lowest BCUT2D eigenvalue weighted by molar-refractivity contribution is -0.128. The molecule has 4 rings (SSSR count). The minimum atomic E-state index is -0.277. The van der Waals surface area contributed by atoms with Gasteiger partial charge in [-0.15, -0.1) is 0 Å². The molecule has 3 aromatic rings. The molecule has 8 heteroatoms. The van der Waals surface area contributed by atoms with Gasteiger partial charge in [-0.2, -0.15) is 0 Å². The van der Waals surface area contributed by atoms with Gasteiger partial charge in [-0.3, -0.25) is 9.59 Å². The Kier molecular flexibility index (Phi) is 5.07. The Morgan fingerprint density at radius 1 is 1.31 bits per heavy atom. The summed E-state index contributed by atoms with van der Waals surface area (Å²) in [5.74, 6) is 0.258. The van der Waals surface area contributed by atoms with Crippen molar-refractivity contribution in [1.82, 2.24) is 25.3 Å². The van der Waals surface area contributed by atoms with Crippen LogP contribution >= 0.6 is 0 Å². The van der Waals surface area contributed by atoms with Crippen molar-refractivity contribution in [1.29, 1.82) is 0 Å². The van der Waals surface area contributed by atoms with Gasteiger partial charge in [0.05, 0.1) is 22.9 Å². The molecule has 0 saturated carbocycles. The van der Waals surface area contributed by atoms with E-state index < -0.39 is 0 Å². The lowest BCUT2D eigenvalue weighted by Crippen LogP contribution is -2.31. The molecule has 29 heavy (non-hydrogen) atoms. The van der Waals surface area contributed by atoms with Gasteiger partial charge in [-0.25, -0.2) is 9.97 Å². The highest BCUT2D eigenvalue weighted by Crippen LogP contribution is 2.30. The van der Waals surface area contributed by atoms with Crippen molar-refractivity contribution >= 4 is 11.8 Å². The summed E-state index contributed by atoms with van der Waals surface area (Å²) in [7, 11) is 1.72. The molecule has 0 spiro atoms. The van der Waals surface area contributed by atoms with Crippen LogP contribution in [0.4, 0.5) is 0 Å². The van der Waals surface area contributed by atoms with Gasteiger partial charge in [-0.1, -0.05) is 29.4 Å². The van der Waals surface area contributed by atoms with Gasteiger partial charge in [0, 0.05) is 44.4 Å². The maximum absolute atomic E-state index is 12.3. The molecule has 1 aliphatic rings. The predicted molar refractivity (Wildman–Crippen MR) is 105 cm³/mol. The number of amides is 2. The van der Waals surface area contributed by atoms with E-state index in [4.69, 9.17) is 4.52 Å². The van der Waals surface area contributed by atoms with E-state index in [1.165, 1.54) is 6.33 Å². The first-order valence-electron chi connectivity index (χ1n) is 9.36. The average Bonchev–Trinajstić information content (AvgIpc) is 3.32. The molecule has 1 saturated heterocycles. The van der Waals surface area contributed by atoms with E-state index in [0.29, 0.717) is 18.8 Å². The van der Waals surface area contributed by atoms with Gasteiger partial charge in [0.25, 0.3) is 0 Å². The number of hydrogen-bond acceptors (Lipinski definition) is 6. The van der Waals surface area contributed by atoms with Crippen molar-refractivity contribution in [2.45, 2.75) is 19.9 Å². The van der Waals surface area contributed by atoms with Crippen molar-refractivity contribution in [3.63, 3.8) is 0 Å². The summed E-state index contributed by atoms with van der Waals surface area (Å²) in [5.41, 5.74) is 4.18. The van der Waals surface area contributed by atoms with Crippen LogP contribution in [-0.2, 0) is 16.1 Å². The zero-order valence-corrected chi connectivity index (χ0v) is 16.3. The van der Waals surface area contributed by atoms with Crippen LogP contribution in [0.5, 0.6) is 0 Å². The van der Waals surface area contributed by atoms with Crippen LogP contribution in [-0.4, -0.2) is 45.4 Å². The number of nitrogens with one attached hydrogen (secondary N) is 1. The molecular formula is C21H21N5O3. The Morgan fingerprint density at radius 2 is 2.10 bits per heavy atom. The molecule has 8 nitrogen and oxygen atoms in total. The van der Waals surface area contributed by atoms with E-state index >= 15 is 0 Å². The second-order valence-corrected chi connectivity index (χ2v) is 7.21. The van der Waals surface area contributed by atoms with Crippen molar-refractivity contribution < 1.29 is 14.1 Å². The van der Waals surface area contributed by atoms with Gasteiger partial charge < -0.3 is 14.7 Å². The number of benzene rings is 1. The smallest absolute Gasteiger partial charge is 0.225 e. The summed E-state index contributed by atoms with van der Waals surface area (Å²) in [5, 5.41) is 6.84. The van der Waals surface area contributed by atoms with Crippen LogP contribution in [0.15, 0.2) is 47.4 Å².